The molecule has 2 aromatic carbocycles. The first-order valence-electron chi connectivity index (χ1n) is 6.74. The number of pyridine rings is 1. The van der Waals surface area contributed by atoms with E-state index in [1.807, 2.05) is 36.4 Å². The van der Waals surface area contributed by atoms with Gasteiger partial charge in [0.2, 0.25) is 0 Å². The van der Waals surface area contributed by atoms with E-state index < -0.39 is 5.97 Å². The molecule has 0 saturated heterocycles. The topological polar surface area (TPSA) is 39.2 Å². The Morgan fingerprint density at radius 3 is 2.62 bits per heavy atom. The predicted molar refractivity (Wildman–Crippen MR) is 83.3 cm³/mol. The van der Waals surface area contributed by atoms with Crippen molar-refractivity contribution in [3.05, 3.63) is 65.9 Å². The Morgan fingerprint density at radius 2 is 1.86 bits per heavy atom. The van der Waals surface area contributed by atoms with Gasteiger partial charge in [0, 0.05) is 10.9 Å². The highest BCUT2D eigenvalue weighted by Gasteiger charge is 2.11. The largest absolute Gasteiger partial charge is 0.464 e. The number of carbonyl (C=O) groups excluding carboxylic acids is 1. The van der Waals surface area contributed by atoms with Crippen LogP contribution in [-0.4, -0.2) is 18.1 Å². The lowest BCUT2D eigenvalue weighted by Crippen LogP contribution is -2.04. The summed E-state index contributed by atoms with van der Waals surface area (Å²) in [6, 6.07) is 17.8. The van der Waals surface area contributed by atoms with E-state index in [0.29, 0.717) is 5.69 Å². The van der Waals surface area contributed by atoms with Crippen LogP contribution in [0.15, 0.2) is 54.6 Å². The zero-order valence-electron chi connectivity index (χ0n) is 12.0. The summed E-state index contributed by atoms with van der Waals surface area (Å²) in [6.07, 6.45) is 0. The summed E-state index contributed by atoms with van der Waals surface area (Å²) in [4.78, 5) is 16.2. The smallest absolute Gasteiger partial charge is 0.356 e. The molecule has 1 aromatic heterocycles. The van der Waals surface area contributed by atoms with Crippen molar-refractivity contribution in [3.63, 3.8) is 0 Å². The highest BCUT2D eigenvalue weighted by molar-refractivity contribution is 5.97. The number of para-hydroxylation sites is 1. The molecule has 0 atom stereocenters. The average molecular weight is 277 g/mol. The van der Waals surface area contributed by atoms with Gasteiger partial charge in [0.15, 0.2) is 0 Å². The first-order valence-corrected chi connectivity index (χ1v) is 6.74. The van der Waals surface area contributed by atoms with Crippen LogP contribution >= 0.6 is 0 Å². The van der Waals surface area contributed by atoms with Gasteiger partial charge in [-0.15, -0.1) is 0 Å². The number of hydrogen-bond acceptors (Lipinski definition) is 3. The minimum Gasteiger partial charge on any atom is -0.464 e. The molecule has 3 nitrogen and oxygen atoms in total. The number of aromatic nitrogens is 1. The highest BCUT2D eigenvalue weighted by Crippen LogP contribution is 2.28. The molecule has 104 valence electrons. The van der Waals surface area contributed by atoms with E-state index in [4.69, 9.17) is 4.74 Å². The maximum absolute atomic E-state index is 11.7. The molecule has 0 aliphatic carbocycles. The molecule has 0 spiro atoms. The Morgan fingerprint density at radius 1 is 1.05 bits per heavy atom. The van der Waals surface area contributed by atoms with Crippen LogP contribution < -0.4 is 0 Å². The van der Waals surface area contributed by atoms with Crippen molar-refractivity contribution in [2.75, 3.05) is 7.11 Å². The zero-order valence-corrected chi connectivity index (χ0v) is 12.0. The van der Waals surface area contributed by atoms with Crippen LogP contribution in [0.5, 0.6) is 0 Å². The van der Waals surface area contributed by atoms with E-state index in [9.17, 15) is 4.79 Å². The normalized spacial score (nSPS) is 10.6. The van der Waals surface area contributed by atoms with Crippen LogP contribution in [-0.2, 0) is 4.74 Å². The van der Waals surface area contributed by atoms with Crippen LogP contribution in [0.3, 0.4) is 0 Å². The van der Waals surface area contributed by atoms with E-state index in [0.717, 1.165) is 22.0 Å². The fourth-order valence-corrected chi connectivity index (χ4v) is 2.41. The first-order chi connectivity index (χ1) is 10.2. The molecule has 1 heterocycles. The summed E-state index contributed by atoms with van der Waals surface area (Å²) in [7, 11) is 1.36. The molecule has 21 heavy (non-hydrogen) atoms. The molecule has 0 bridgehead atoms. The van der Waals surface area contributed by atoms with Crippen molar-refractivity contribution in [2.24, 2.45) is 0 Å². The lowest BCUT2D eigenvalue weighted by atomic mass is 10.0. The van der Waals surface area contributed by atoms with E-state index in [-0.39, 0.29) is 0 Å². The van der Waals surface area contributed by atoms with Crippen molar-refractivity contribution in [2.45, 2.75) is 6.92 Å². The van der Waals surface area contributed by atoms with Crippen molar-refractivity contribution < 1.29 is 9.53 Å². The maximum Gasteiger partial charge on any atom is 0.356 e. The SMILES string of the molecule is COC(=O)c1ccc2cccc(-c3cccc(C)c3)c2n1. The van der Waals surface area contributed by atoms with Gasteiger partial charge in [-0.1, -0.05) is 54.1 Å². The van der Waals surface area contributed by atoms with Crippen LogP contribution in [0, 0.1) is 6.92 Å². The number of ether oxygens (including phenoxy) is 1. The van der Waals surface area contributed by atoms with Gasteiger partial charge in [-0.2, -0.15) is 0 Å². The van der Waals surface area contributed by atoms with E-state index in [1.54, 1.807) is 6.07 Å². The van der Waals surface area contributed by atoms with Crippen molar-refractivity contribution >= 4 is 16.9 Å². The van der Waals surface area contributed by atoms with Gasteiger partial charge in [-0.25, -0.2) is 9.78 Å². The highest BCUT2D eigenvalue weighted by atomic mass is 16.5. The third-order valence-electron chi connectivity index (χ3n) is 3.44. The second-order valence-electron chi connectivity index (χ2n) is 4.93. The second-order valence-corrected chi connectivity index (χ2v) is 4.93. The molecule has 0 amide bonds. The lowest BCUT2D eigenvalue weighted by molar-refractivity contribution is 0.0594. The third-order valence-corrected chi connectivity index (χ3v) is 3.44. The number of methoxy groups -OCH3 is 1. The van der Waals surface area contributed by atoms with Crippen LogP contribution in [0.4, 0.5) is 0 Å². The van der Waals surface area contributed by atoms with Gasteiger partial charge in [0.25, 0.3) is 0 Å². The summed E-state index contributed by atoms with van der Waals surface area (Å²) >= 11 is 0. The quantitative estimate of drug-likeness (QED) is 0.665. The Balaban J connectivity index is 2.25. The Labute approximate surface area is 123 Å². The van der Waals surface area contributed by atoms with Gasteiger partial charge in [-0.3, -0.25) is 0 Å². The Bertz CT molecular complexity index is 824. The number of nitrogens with zero attached hydrogens (tertiary/aromatic N) is 1. The standard InChI is InChI=1S/C18H15NO2/c1-12-5-3-7-14(11-12)15-8-4-6-13-9-10-16(18(20)21-2)19-17(13)15/h3-11H,1-2H3. The van der Waals surface area contributed by atoms with Gasteiger partial charge < -0.3 is 4.74 Å². The molecule has 3 rings (SSSR count). The van der Waals surface area contributed by atoms with E-state index in [2.05, 4.69) is 24.0 Å². The molecule has 0 radical (unpaired) electrons. The molecule has 0 fully saturated rings. The third kappa shape index (κ3) is 2.50. The Hall–Kier alpha value is -2.68. The molecule has 0 unspecified atom stereocenters. The fourth-order valence-electron chi connectivity index (χ4n) is 2.41. The molecular weight excluding hydrogens is 262 g/mol. The molecule has 3 heteroatoms. The fraction of sp³-hybridized carbons (Fsp3) is 0.111. The zero-order chi connectivity index (χ0) is 14.8. The summed E-state index contributed by atoms with van der Waals surface area (Å²) in [6.45, 7) is 2.06. The number of benzene rings is 2. The number of hydrogen-bond donors (Lipinski definition) is 0. The number of aryl methyl sites for hydroxylation is 1. The minimum atomic E-state index is -0.420. The van der Waals surface area contributed by atoms with Gasteiger partial charge in [0.05, 0.1) is 12.6 Å². The molecule has 0 N–H and O–H groups in total. The molecule has 0 aliphatic heterocycles. The number of fused-ring (bicyclic) bond motifs is 1. The molecule has 0 saturated carbocycles. The minimum absolute atomic E-state index is 0.324. The predicted octanol–water partition coefficient (Wildman–Crippen LogP) is 4.00. The van der Waals surface area contributed by atoms with Crippen LogP contribution in [0.1, 0.15) is 16.1 Å². The number of carbonyl (C=O) groups is 1. The molecule has 0 aliphatic rings. The van der Waals surface area contributed by atoms with Crippen molar-refractivity contribution in [1.82, 2.24) is 4.98 Å². The average Bonchev–Trinajstić information content (AvgIpc) is 2.53. The van der Waals surface area contributed by atoms with Gasteiger partial charge >= 0.3 is 5.97 Å². The van der Waals surface area contributed by atoms with Crippen molar-refractivity contribution in [1.29, 1.82) is 0 Å². The summed E-state index contributed by atoms with van der Waals surface area (Å²) < 4.78 is 4.75. The monoisotopic (exact) mass is 277 g/mol. The second kappa shape index (κ2) is 5.37. The van der Waals surface area contributed by atoms with Crippen LogP contribution in [0.2, 0.25) is 0 Å². The maximum atomic E-state index is 11.7. The van der Waals surface area contributed by atoms with E-state index in [1.165, 1.54) is 12.7 Å². The number of rotatable bonds is 2. The lowest BCUT2D eigenvalue weighted by Gasteiger charge is -2.08. The first kappa shape index (κ1) is 13.3. The molecular formula is C18H15NO2. The van der Waals surface area contributed by atoms with E-state index >= 15 is 0 Å². The Kier molecular flexibility index (Phi) is 3.40. The summed E-state index contributed by atoms with van der Waals surface area (Å²) in [5.74, 6) is -0.420. The molecule has 3 aromatic rings. The van der Waals surface area contributed by atoms with Crippen molar-refractivity contribution in [3.8, 4) is 11.1 Å². The van der Waals surface area contributed by atoms with Gasteiger partial charge in [-0.05, 0) is 18.6 Å². The number of esters is 1. The van der Waals surface area contributed by atoms with Crippen LogP contribution in [0.25, 0.3) is 22.0 Å². The summed E-state index contributed by atoms with van der Waals surface area (Å²) in [5.41, 5.74) is 4.43. The summed E-state index contributed by atoms with van der Waals surface area (Å²) in [5, 5.41) is 1.00. The van der Waals surface area contributed by atoms with Gasteiger partial charge in [0.1, 0.15) is 5.69 Å².